The Morgan fingerprint density at radius 1 is 1.41 bits per heavy atom. The summed E-state index contributed by atoms with van der Waals surface area (Å²) in [6.45, 7) is 8.77. The van der Waals surface area contributed by atoms with Gasteiger partial charge in [-0.2, -0.15) is 0 Å². The molecule has 1 amide bonds. The Kier molecular flexibility index (Phi) is 5.45. The molecular formula is C21H27N3O2S. The topological polar surface area (TPSA) is 45.7 Å². The first-order valence-corrected chi connectivity index (χ1v) is 10.8. The van der Waals surface area contributed by atoms with Crippen LogP contribution in [0.1, 0.15) is 41.9 Å². The molecule has 0 N–H and O–H groups in total. The second-order valence-electron chi connectivity index (χ2n) is 7.22. The van der Waals surface area contributed by atoms with Gasteiger partial charge in [0.2, 0.25) is 0 Å². The van der Waals surface area contributed by atoms with E-state index in [1.165, 1.54) is 29.7 Å². The Balaban J connectivity index is 1.49. The number of nitrogens with zero attached hydrogens (tertiary/aromatic N) is 3. The zero-order valence-electron chi connectivity index (χ0n) is 16.1. The Morgan fingerprint density at radius 3 is 3.11 bits per heavy atom. The molecule has 6 heteroatoms. The highest BCUT2D eigenvalue weighted by Gasteiger charge is 2.27. The van der Waals surface area contributed by atoms with E-state index in [1.807, 2.05) is 17.0 Å². The van der Waals surface area contributed by atoms with Gasteiger partial charge in [-0.25, -0.2) is 4.98 Å². The summed E-state index contributed by atoms with van der Waals surface area (Å²) >= 11 is 1.49. The molecule has 1 saturated heterocycles. The molecule has 1 unspecified atom stereocenters. The van der Waals surface area contributed by atoms with Crippen molar-refractivity contribution in [1.29, 1.82) is 0 Å². The summed E-state index contributed by atoms with van der Waals surface area (Å²) in [5.74, 6) is 1.08. The highest BCUT2D eigenvalue weighted by molar-refractivity contribution is 7.16. The Hall–Kier alpha value is -1.92. The average Bonchev–Trinajstić information content (AvgIpc) is 3.44. The number of rotatable bonds is 6. The molecule has 27 heavy (non-hydrogen) atoms. The quantitative estimate of drug-likeness (QED) is 0.761. The van der Waals surface area contributed by atoms with Crippen LogP contribution in [0.15, 0.2) is 24.4 Å². The van der Waals surface area contributed by atoms with Crippen molar-refractivity contribution in [2.24, 2.45) is 0 Å². The number of hydrogen-bond acceptors (Lipinski definition) is 5. The van der Waals surface area contributed by atoms with E-state index in [1.54, 1.807) is 6.20 Å². The van der Waals surface area contributed by atoms with E-state index in [2.05, 4.69) is 29.8 Å². The summed E-state index contributed by atoms with van der Waals surface area (Å²) < 4.78 is 5.58. The van der Waals surface area contributed by atoms with Crippen molar-refractivity contribution < 1.29 is 9.53 Å². The third-order valence-electron chi connectivity index (χ3n) is 5.66. The molecule has 4 rings (SSSR count). The third kappa shape index (κ3) is 3.73. The number of carbonyl (C=O) groups excluding carboxylic acids is 1. The van der Waals surface area contributed by atoms with Crippen LogP contribution in [0.4, 0.5) is 0 Å². The predicted octanol–water partition coefficient (Wildman–Crippen LogP) is 3.69. The van der Waals surface area contributed by atoms with E-state index >= 15 is 0 Å². The fourth-order valence-corrected chi connectivity index (χ4v) is 4.99. The van der Waals surface area contributed by atoms with E-state index in [0.717, 1.165) is 60.4 Å². The summed E-state index contributed by atoms with van der Waals surface area (Å²) in [4.78, 5) is 22.8. The summed E-state index contributed by atoms with van der Waals surface area (Å²) in [6, 6.07) is 6.68. The second-order valence-corrected chi connectivity index (χ2v) is 8.25. The van der Waals surface area contributed by atoms with Crippen LogP contribution in [0.25, 0.3) is 10.6 Å². The molecule has 2 aliphatic rings. The van der Waals surface area contributed by atoms with Gasteiger partial charge >= 0.3 is 0 Å². The minimum atomic E-state index is 0.105. The summed E-state index contributed by atoms with van der Waals surface area (Å²) in [5.41, 5.74) is 2.30. The van der Waals surface area contributed by atoms with E-state index in [-0.39, 0.29) is 5.91 Å². The number of fused-ring (bicyclic) bond motifs is 1. The van der Waals surface area contributed by atoms with E-state index in [9.17, 15) is 4.79 Å². The minimum Gasteiger partial charge on any atom is -0.493 e. The number of likely N-dealkylation sites (N-methyl/N-ethyl adjacent to an activating group) is 2. The predicted molar refractivity (Wildman–Crippen MR) is 109 cm³/mol. The van der Waals surface area contributed by atoms with Gasteiger partial charge in [-0.15, -0.1) is 11.3 Å². The molecule has 2 aliphatic heterocycles. The molecule has 5 nitrogen and oxygen atoms in total. The van der Waals surface area contributed by atoms with Crippen molar-refractivity contribution in [1.82, 2.24) is 14.8 Å². The summed E-state index contributed by atoms with van der Waals surface area (Å²) in [6.07, 6.45) is 5.10. The monoisotopic (exact) mass is 385 g/mol. The first-order valence-electron chi connectivity index (χ1n) is 9.94. The molecule has 1 fully saturated rings. The van der Waals surface area contributed by atoms with Gasteiger partial charge < -0.3 is 9.64 Å². The van der Waals surface area contributed by atoms with E-state index in [4.69, 9.17) is 4.74 Å². The van der Waals surface area contributed by atoms with Crippen LogP contribution in [-0.4, -0.2) is 59.5 Å². The number of carbonyl (C=O) groups is 1. The van der Waals surface area contributed by atoms with Crippen molar-refractivity contribution in [3.05, 3.63) is 34.8 Å². The van der Waals surface area contributed by atoms with Gasteiger partial charge in [0, 0.05) is 31.1 Å². The van der Waals surface area contributed by atoms with Crippen LogP contribution in [0.2, 0.25) is 0 Å². The molecule has 144 valence electrons. The van der Waals surface area contributed by atoms with Crippen LogP contribution in [0.3, 0.4) is 0 Å². The Bertz CT molecular complexity index is 820. The van der Waals surface area contributed by atoms with Crippen LogP contribution >= 0.6 is 11.3 Å². The standard InChI is InChI=1S/C21H27N3O2S/c1-3-23-10-5-6-17(23)14-24(4-2)21(25)19-13-22-20(27-19)16-7-8-18-15(12-16)9-11-26-18/h7-8,12-13,17H,3-6,9-11,14H2,1-2H3. The molecule has 0 aliphatic carbocycles. The molecule has 1 aromatic carbocycles. The second kappa shape index (κ2) is 7.98. The summed E-state index contributed by atoms with van der Waals surface area (Å²) in [7, 11) is 0. The fraction of sp³-hybridized carbons (Fsp3) is 0.524. The fourth-order valence-electron chi connectivity index (χ4n) is 4.11. The van der Waals surface area contributed by atoms with E-state index in [0.29, 0.717) is 6.04 Å². The zero-order chi connectivity index (χ0) is 18.8. The van der Waals surface area contributed by atoms with Gasteiger partial charge in [-0.1, -0.05) is 6.92 Å². The van der Waals surface area contributed by atoms with E-state index < -0.39 is 0 Å². The van der Waals surface area contributed by atoms with Crippen LogP contribution in [0.5, 0.6) is 5.75 Å². The maximum Gasteiger partial charge on any atom is 0.265 e. The van der Waals surface area contributed by atoms with Gasteiger partial charge in [-0.05, 0) is 56.6 Å². The molecule has 0 radical (unpaired) electrons. The number of ether oxygens (including phenoxy) is 1. The van der Waals surface area contributed by atoms with Crippen LogP contribution in [0, 0.1) is 0 Å². The number of hydrogen-bond donors (Lipinski definition) is 0. The maximum atomic E-state index is 13.0. The number of benzene rings is 1. The van der Waals surface area contributed by atoms with Crippen molar-refractivity contribution in [3.63, 3.8) is 0 Å². The summed E-state index contributed by atoms with van der Waals surface area (Å²) in [5, 5.41) is 0.903. The number of amides is 1. The van der Waals surface area contributed by atoms with Crippen molar-refractivity contribution >= 4 is 17.2 Å². The third-order valence-corrected chi connectivity index (χ3v) is 6.69. The lowest BCUT2D eigenvalue weighted by atomic mass is 10.1. The lowest BCUT2D eigenvalue weighted by Gasteiger charge is -2.29. The smallest absolute Gasteiger partial charge is 0.265 e. The number of likely N-dealkylation sites (tertiary alicyclic amines) is 1. The highest BCUT2D eigenvalue weighted by atomic mass is 32.1. The van der Waals surface area contributed by atoms with Gasteiger partial charge in [0.1, 0.15) is 15.6 Å². The molecule has 0 bridgehead atoms. The maximum absolute atomic E-state index is 13.0. The van der Waals surface area contributed by atoms with Gasteiger partial charge in [0.05, 0.1) is 12.8 Å². The Labute approximate surface area is 165 Å². The van der Waals surface area contributed by atoms with Crippen LogP contribution < -0.4 is 4.74 Å². The van der Waals surface area contributed by atoms with Gasteiger partial charge in [0.25, 0.3) is 5.91 Å². The zero-order valence-corrected chi connectivity index (χ0v) is 16.9. The first kappa shape index (κ1) is 18.4. The number of aromatic nitrogens is 1. The molecule has 2 aromatic rings. The van der Waals surface area contributed by atoms with Crippen molar-refractivity contribution in [2.45, 2.75) is 39.2 Å². The van der Waals surface area contributed by atoms with Crippen molar-refractivity contribution in [2.75, 3.05) is 32.8 Å². The SMILES string of the molecule is CCN(CC1CCCN1CC)C(=O)c1cnc(-c2ccc3c(c2)CCO3)s1. The number of thiazole rings is 1. The Morgan fingerprint density at radius 2 is 2.30 bits per heavy atom. The van der Waals surface area contributed by atoms with Crippen molar-refractivity contribution in [3.8, 4) is 16.3 Å². The molecule has 1 atom stereocenters. The van der Waals surface area contributed by atoms with Crippen LogP contribution in [-0.2, 0) is 6.42 Å². The van der Waals surface area contributed by atoms with Gasteiger partial charge in [-0.3, -0.25) is 9.69 Å². The van der Waals surface area contributed by atoms with Gasteiger partial charge in [0.15, 0.2) is 0 Å². The molecule has 0 spiro atoms. The molecule has 1 aromatic heterocycles. The molecular weight excluding hydrogens is 358 g/mol. The largest absolute Gasteiger partial charge is 0.493 e. The molecule has 3 heterocycles. The minimum absolute atomic E-state index is 0.105. The lowest BCUT2D eigenvalue weighted by molar-refractivity contribution is 0.0722. The highest BCUT2D eigenvalue weighted by Crippen LogP contribution is 2.32. The lowest BCUT2D eigenvalue weighted by Crippen LogP contribution is -2.42. The molecule has 0 saturated carbocycles. The first-order chi connectivity index (χ1) is 13.2. The average molecular weight is 386 g/mol. The normalized spacial score (nSPS) is 19.1.